The summed E-state index contributed by atoms with van der Waals surface area (Å²) in [5, 5.41) is 0.417. The molecular formula is C20H14Cl2O2S8. The molecule has 4 aliphatic carbocycles. The molecule has 0 saturated heterocycles. The van der Waals surface area contributed by atoms with Crippen molar-refractivity contribution >= 4 is 129 Å². The molecule has 0 radical (unpaired) electrons. The van der Waals surface area contributed by atoms with Crippen molar-refractivity contribution in [2.75, 3.05) is 12.5 Å². The minimum atomic E-state index is -0.222. The molecule has 1 fully saturated rings. The number of halogens is 2. The van der Waals surface area contributed by atoms with Gasteiger partial charge in [-0.05, 0) is 25.4 Å². The zero-order valence-corrected chi connectivity index (χ0v) is 24.6. The summed E-state index contributed by atoms with van der Waals surface area (Å²) >= 11 is 27.4. The summed E-state index contributed by atoms with van der Waals surface area (Å²) in [6.07, 6.45) is 6.16. The SMILES string of the molecule is CSC1=C(SC)SC(=C2SC3=C(S2)SC2C4CCC(C5=C4C(=O)C(Cl)=C(Cl)C5=O)C2S3)S1. The van der Waals surface area contributed by atoms with Crippen molar-refractivity contribution in [3.05, 3.63) is 46.6 Å². The first kappa shape index (κ1) is 23.8. The highest BCUT2D eigenvalue weighted by Crippen LogP contribution is 2.71. The Labute approximate surface area is 230 Å². The summed E-state index contributed by atoms with van der Waals surface area (Å²) in [5.41, 5.74) is 1.32. The predicted molar refractivity (Wildman–Crippen MR) is 153 cm³/mol. The molecule has 2 nitrogen and oxygen atoms in total. The van der Waals surface area contributed by atoms with Gasteiger partial charge in [-0.15, -0.1) is 47.0 Å². The Kier molecular flexibility index (Phi) is 6.74. The molecule has 3 aliphatic heterocycles. The van der Waals surface area contributed by atoms with E-state index in [1.807, 2.05) is 94.1 Å². The number of hydrogen-bond donors (Lipinski definition) is 0. The van der Waals surface area contributed by atoms with Crippen LogP contribution in [0, 0.1) is 11.8 Å². The summed E-state index contributed by atoms with van der Waals surface area (Å²) in [6, 6.07) is 0. The summed E-state index contributed by atoms with van der Waals surface area (Å²) in [6.45, 7) is 0. The Morgan fingerprint density at radius 2 is 1.09 bits per heavy atom. The highest BCUT2D eigenvalue weighted by atomic mass is 35.5. The van der Waals surface area contributed by atoms with Gasteiger partial charge in [-0.3, -0.25) is 9.59 Å². The second-order valence-corrected chi connectivity index (χ2v) is 18.0. The number of allylic oxidation sites excluding steroid dienone is 4. The second kappa shape index (κ2) is 9.06. The lowest BCUT2D eigenvalue weighted by Gasteiger charge is -2.51. The number of hydrogen-bond acceptors (Lipinski definition) is 10. The maximum absolute atomic E-state index is 13.0. The zero-order valence-electron chi connectivity index (χ0n) is 16.6. The van der Waals surface area contributed by atoms with E-state index in [2.05, 4.69) is 12.5 Å². The predicted octanol–water partition coefficient (Wildman–Crippen LogP) is 8.45. The van der Waals surface area contributed by atoms with Gasteiger partial charge in [0, 0.05) is 33.5 Å². The van der Waals surface area contributed by atoms with Crippen LogP contribution in [0.5, 0.6) is 0 Å². The highest BCUT2D eigenvalue weighted by Gasteiger charge is 2.56. The molecule has 2 bridgehead atoms. The van der Waals surface area contributed by atoms with Gasteiger partial charge in [-0.25, -0.2) is 0 Å². The number of thioether (sulfide) groups is 8. The van der Waals surface area contributed by atoms with E-state index in [0.29, 0.717) is 21.6 Å². The fraction of sp³-hybridized carbons (Fsp3) is 0.400. The molecule has 12 heteroatoms. The third-order valence-electron chi connectivity index (χ3n) is 6.12. The van der Waals surface area contributed by atoms with E-state index in [1.165, 1.54) is 25.4 Å². The van der Waals surface area contributed by atoms with E-state index in [9.17, 15) is 9.59 Å². The number of ketones is 2. The number of Topliss-reactive ketones (excluding diaryl/α,β-unsaturated/α-hetero) is 2. The van der Waals surface area contributed by atoms with Crippen LogP contribution in [0.25, 0.3) is 0 Å². The molecule has 168 valence electrons. The van der Waals surface area contributed by atoms with Crippen molar-refractivity contribution in [2.45, 2.75) is 23.3 Å². The average Bonchev–Trinajstić information content (AvgIpc) is 3.43. The Bertz CT molecular complexity index is 1070. The molecule has 0 aromatic heterocycles. The molecule has 0 aromatic rings. The monoisotopic (exact) mass is 612 g/mol. The molecule has 4 unspecified atom stereocenters. The van der Waals surface area contributed by atoms with E-state index in [0.717, 1.165) is 12.8 Å². The summed E-state index contributed by atoms with van der Waals surface area (Å²) in [5.74, 6) is -0.293. The van der Waals surface area contributed by atoms with Crippen molar-refractivity contribution in [2.24, 2.45) is 11.8 Å². The molecular weight excluding hydrogens is 600 g/mol. The van der Waals surface area contributed by atoms with Crippen LogP contribution in [0.1, 0.15) is 12.8 Å². The summed E-state index contributed by atoms with van der Waals surface area (Å²) in [7, 11) is 0. The first-order valence-electron chi connectivity index (χ1n) is 9.67. The molecule has 32 heavy (non-hydrogen) atoms. The number of carbonyl (C=O) groups excluding carboxylic acids is 2. The highest BCUT2D eigenvalue weighted by molar-refractivity contribution is 8.45. The Balaban J connectivity index is 1.29. The van der Waals surface area contributed by atoms with E-state index in [4.69, 9.17) is 23.2 Å². The van der Waals surface area contributed by atoms with Gasteiger partial charge in [0.15, 0.2) is 0 Å². The third kappa shape index (κ3) is 3.56. The van der Waals surface area contributed by atoms with Crippen molar-refractivity contribution in [1.82, 2.24) is 0 Å². The molecule has 7 aliphatic rings. The topological polar surface area (TPSA) is 34.1 Å². The minimum absolute atomic E-state index is 0.0758. The lowest BCUT2D eigenvalue weighted by molar-refractivity contribution is -0.117. The van der Waals surface area contributed by atoms with E-state index in [1.54, 1.807) is 0 Å². The fourth-order valence-electron chi connectivity index (χ4n) is 4.83. The first-order valence-corrected chi connectivity index (χ1v) is 17.9. The summed E-state index contributed by atoms with van der Waals surface area (Å²) < 4.78 is 8.23. The van der Waals surface area contributed by atoms with Crippen LogP contribution in [0.4, 0.5) is 0 Å². The van der Waals surface area contributed by atoms with E-state index >= 15 is 0 Å². The Morgan fingerprint density at radius 1 is 0.688 bits per heavy atom. The van der Waals surface area contributed by atoms with Crippen LogP contribution in [-0.4, -0.2) is 34.6 Å². The largest absolute Gasteiger partial charge is 0.288 e. The van der Waals surface area contributed by atoms with Gasteiger partial charge in [0.2, 0.25) is 11.6 Å². The zero-order chi connectivity index (χ0) is 22.3. The van der Waals surface area contributed by atoms with Crippen molar-refractivity contribution in [3.8, 4) is 0 Å². The molecule has 0 spiro atoms. The van der Waals surface area contributed by atoms with Crippen molar-refractivity contribution < 1.29 is 9.59 Å². The van der Waals surface area contributed by atoms with Crippen molar-refractivity contribution in [1.29, 1.82) is 0 Å². The van der Waals surface area contributed by atoms with E-state index < -0.39 is 0 Å². The maximum Gasteiger partial charge on any atom is 0.202 e. The number of rotatable bonds is 2. The van der Waals surface area contributed by atoms with Crippen LogP contribution in [0.2, 0.25) is 0 Å². The quantitative estimate of drug-likeness (QED) is 0.283. The first-order chi connectivity index (χ1) is 15.4. The van der Waals surface area contributed by atoms with Gasteiger partial charge in [0.05, 0.1) is 25.4 Å². The van der Waals surface area contributed by atoms with Gasteiger partial charge in [-0.2, -0.15) is 0 Å². The lowest BCUT2D eigenvalue weighted by Crippen LogP contribution is -2.51. The van der Waals surface area contributed by atoms with Crippen LogP contribution < -0.4 is 0 Å². The lowest BCUT2D eigenvalue weighted by atomic mass is 9.63. The minimum Gasteiger partial charge on any atom is -0.288 e. The molecule has 1 saturated carbocycles. The van der Waals surface area contributed by atoms with Gasteiger partial charge in [0.25, 0.3) is 0 Å². The smallest absolute Gasteiger partial charge is 0.202 e. The fourth-order valence-corrected chi connectivity index (χ4v) is 17.7. The normalized spacial score (nSPS) is 34.2. The van der Waals surface area contributed by atoms with Crippen LogP contribution in [0.3, 0.4) is 0 Å². The van der Waals surface area contributed by atoms with Crippen LogP contribution >= 0.6 is 117 Å². The van der Waals surface area contributed by atoms with E-state index in [-0.39, 0.29) is 33.5 Å². The molecule has 0 N–H and O–H groups in total. The van der Waals surface area contributed by atoms with Crippen LogP contribution in [-0.2, 0) is 9.59 Å². The van der Waals surface area contributed by atoms with Crippen molar-refractivity contribution in [3.63, 3.8) is 0 Å². The van der Waals surface area contributed by atoms with Gasteiger partial charge < -0.3 is 0 Å². The molecule has 0 aromatic carbocycles. The molecule has 4 atom stereocenters. The second-order valence-electron chi connectivity index (χ2n) is 7.61. The standard InChI is InChI=1S/C20H14Cl2O2S8/c1-25-15-16(26-2)30-19(29-15)20-31-17-18(32-20)28-14-6-4-3-5(13(14)27-17)7-8(6)12(24)10(22)9(21)11(7)23/h5-6,13-14H,3-4H2,1-2H3. The maximum atomic E-state index is 13.0. The summed E-state index contributed by atoms with van der Waals surface area (Å²) in [4.78, 5) is 26.0. The number of fused-ring (bicyclic) bond motifs is 1. The third-order valence-corrected chi connectivity index (χ3v) is 19.1. The molecule has 0 amide bonds. The van der Waals surface area contributed by atoms with Gasteiger partial charge >= 0.3 is 0 Å². The van der Waals surface area contributed by atoms with Crippen LogP contribution in [0.15, 0.2) is 46.6 Å². The molecule has 7 rings (SSSR count). The number of carbonyl (C=O) groups is 2. The van der Waals surface area contributed by atoms with Gasteiger partial charge in [-0.1, -0.05) is 70.2 Å². The van der Waals surface area contributed by atoms with Gasteiger partial charge in [0.1, 0.15) is 10.1 Å². The Morgan fingerprint density at radius 3 is 1.50 bits per heavy atom. The Hall–Kier alpha value is 1.42. The molecule has 3 heterocycles. The average molecular weight is 614 g/mol.